The van der Waals surface area contributed by atoms with Gasteiger partial charge in [0.25, 0.3) is 0 Å². The summed E-state index contributed by atoms with van der Waals surface area (Å²) in [5, 5.41) is 8.23. The van der Waals surface area contributed by atoms with E-state index < -0.39 is 0 Å². The molecule has 0 amide bonds. The molecule has 6 nitrogen and oxygen atoms in total. The van der Waals surface area contributed by atoms with Crippen LogP contribution in [-0.4, -0.2) is 27.7 Å². The van der Waals surface area contributed by atoms with E-state index in [0.717, 1.165) is 41.0 Å². The van der Waals surface area contributed by atoms with Crippen LogP contribution in [0.4, 0.5) is 5.95 Å². The number of rotatable bonds is 3. The molecular formula is C24H24N4O2. The van der Waals surface area contributed by atoms with E-state index in [0.29, 0.717) is 18.2 Å². The van der Waals surface area contributed by atoms with E-state index in [9.17, 15) is 4.79 Å². The molecule has 2 heterocycles. The summed E-state index contributed by atoms with van der Waals surface area (Å²) in [6, 6.07) is 13.8. The van der Waals surface area contributed by atoms with Gasteiger partial charge in [-0.2, -0.15) is 4.98 Å². The average molecular weight is 400 g/mol. The van der Waals surface area contributed by atoms with Crippen LogP contribution in [0, 0.1) is 13.8 Å². The molecule has 1 aliphatic heterocycles. The lowest BCUT2D eigenvalue weighted by atomic mass is 9.85. The molecule has 0 radical (unpaired) electrons. The van der Waals surface area contributed by atoms with Crippen LogP contribution in [0.25, 0.3) is 11.4 Å². The number of fused-ring (bicyclic) bond motifs is 1. The summed E-state index contributed by atoms with van der Waals surface area (Å²) in [5.74, 6) is 2.30. The van der Waals surface area contributed by atoms with Gasteiger partial charge in [0.2, 0.25) is 5.95 Å². The van der Waals surface area contributed by atoms with Crippen molar-refractivity contribution in [2.24, 2.45) is 0 Å². The van der Waals surface area contributed by atoms with Crippen molar-refractivity contribution in [1.29, 1.82) is 0 Å². The zero-order valence-electron chi connectivity index (χ0n) is 17.4. The number of carbonyl (C=O) groups excluding carboxylic acids is 1. The first kappa shape index (κ1) is 18.6. The number of hydrogen-bond acceptors (Lipinski definition) is 5. The van der Waals surface area contributed by atoms with E-state index in [2.05, 4.69) is 31.3 Å². The van der Waals surface area contributed by atoms with Crippen LogP contribution in [0.1, 0.15) is 42.0 Å². The number of ketones is 1. The van der Waals surface area contributed by atoms with E-state index in [1.165, 1.54) is 11.1 Å². The highest BCUT2D eigenvalue weighted by Gasteiger charge is 2.36. The number of aryl methyl sites for hydroxylation is 2. The van der Waals surface area contributed by atoms with Crippen molar-refractivity contribution in [3.8, 4) is 17.1 Å². The quantitative estimate of drug-likeness (QED) is 0.696. The second-order valence-corrected chi connectivity index (χ2v) is 7.97. The summed E-state index contributed by atoms with van der Waals surface area (Å²) in [6.07, 6.45) is 2.28. The Balaban J connectivity index is 1.65. The minimum Gasteiger partial charge on any atom is -0.497 e. The molecule has 2 aromatic carbocycles. The second kappa shape index (κ2) is 7.13. The lowest BCUT2D eigenvalue weighted by Gasteiger charge is -2.32. The number of carbonyl (C=O) groups is 1. The number of nitrogens with zero attached hydrogens (tertiary/aromatic N) is 3. The molecule has 0 saturated carbocycles. The Labute approximate surface area is 175 Å². The number of benzene rings is 2. The topological polar surface area (TPSA) is 69.0 Å². The third-order valence-electron chi connectivity index (χ3n) is 6.06. The molecule has 1 aromatic heterocycles. The predicted octanol–water partition coefficient (Wildman–Crippen LogP) is 4.59. The van der Waals surface area contributed by atoms with Gasteiger partial charge in [0.1, 0.15) is 11.8 Å². The fourth-order valence-electron chi connectivity index (χ4n) is 4.25. The van der Waals surface area contributed by atoms with Crippen LogP contribution < -0.4 is 10.1 Å². The molecule has 1 aliphatic carbocycles. The normalized spacial score (nSPS) is 18.0. The highest BCUT2D eigenvalue weighted by atomic mass is 16.5. The van der Waals surface area contributed by atoms with Gasteiger partial charge >= 0.3 is 0 Å². The number of nitrogens with one attached hydrogen (secondary N) is 1. The first-order valence-electron chi connectivity index (χ1n) is 10.3. The number of aromatic nitrogens is 3. The van der Waals surface area contributed by atoms with E-state index in [4.69, 9.17) is 14.8 Å². The van der Waals surface area contributed by atoms with Crippen molar-refractivity contribution < 1.29 is 9.53 Å². The summed E-state index contributed by atoms with van der Waals surface area (Å²) in [7, 11) is 1.65. The molecule has 0 saturated heterocycles. The molecule has 0 bridgehead atoms. The largest absolute Gasteiger partial charge is 0.497 e. The smallest absolute Gasteiger partial charge is 0.226 e. The molecule has 2 aliphatic rings. The van der Waals surface area contributed by atoms with Gasteiger partial charge in [0.15, 0.2) is 11.6 Å². The molecule has 5 rings (SSSR count). The third-order valence-corrected chi connectivity index (χ3v) is 6.06. The molecule has 0 spiro atoms. The van der Waals surface area contributed by atoms with E-state index >= 15 is 0 Å². The maximum Gasteiger partial charge on any atom is 0.226 e. The molecule has 30 heavy (non-hydrogen) atoms. The Bertz CT molecular complexity index is 1170. The minimum atomic E-state index is -0.289. The zero-order chi connectivity index (χ0) is 20.8. The number of anilines is 1. The zero-order valence-corrected chi connectivity index (χ0v) is 17.4. The molecule has 1 unspecified atom stereocenters. The fourth-order valence-corrected chi connectivity index (χ4v) is 4.25. The van der Waals surface area contributed by atoms with E-state index in [-0.39, 0.29) is 11.8 Å². The van der Waals surface area contributed by atoms with Crippen molar-refractivity contribution in [1.82, 2.24) is 14.8 Å². The van der Waals surface area contributed by atoms with Crippen molar-refractivity contribution in [3.05, 3.63) is 70.4 Å². The van der Waals surface area contributed by atoms with Gasteiger partial charge in [-0.1, -0.05) is 24.3 Å². The number of hydrogen-bond donors (Lipinski definition) is 1. The Hall–Kier alpha value is -3.41. The van der Waals surface area contributed by atoms with Gasteiger partial charge in [-0.3, -0.25) is 4.79 Å². The molecule has 1 N–H and O–H groups in total. The van der Waals surface area contributed by atoms with Crippen molar-refractivity contribution in [2.75, 3.05) is 12.4 Å². The number of methoxy groups -OCH3 is 1. The van der Waals surface area contributed by atoms with Crippen molar-refractivity contribution in [3.63, 3.8) is 0 Å². The summed E-state index contributed by atoms with van der Waals surface area (Å²) < 4.78 is 7.17. The first-order chi connectivity index (χ1) is 14.5. The van der Waals surface area contributed by atoms with Crippen LogP contribution in [0.3, 0.4) is 0 Å². The predicted molar refractivity (Wildman–Crippen MR) is 116 cm³/mol. The average Bonchev–Trinajstić information content (AvgIpc) is 3.18. The van der Waals surface area contributed by atoms with E-state index in [1.807, 2.05) is 35.0 Å². The van der Waals surface area contributed by atoms with Gasteiger partial charge in [-0.25, -0.2) is 4.68 Å². The standard InChI is InChI=1S/C24H24N4O2/c1-14-7-8-17(13-15(14)2)23-26-24-25-19-5-4-6-20(29)21(19)22(28(24)27-23)16-9-11-18(30-3)12-10-16/h7-13,22H,4-6H2,1-3H3,(H,25,26,27). The van der Waals surface area contributed by atoms with Gasteiger partial charge in [-0.05, 0) is 61.6 Å². The monoisotopic (exact) mass is 400 g/mol. The third kappa shape index (κ3) is 3.00. The van der Waals surface area contributed by atoms with Crippen LogP contribution in [0.15, 0.2) is 53.7 Å². The number of Topliss-reactive ketones (excluding diaryl/α,β-unsaturated/α-hetero) is 1. The molecule has 0 fully saturated rings. The second-order valence-electron chi connectivity index (χ2n) is 7.97. The lowest BCUT2D eigenvalue weighted by Crippen LogP contribution is -2.31. The molecule has 6 heteroatoms. The summed E-state index contributed by atoms with van der Waals surface area (Å²) in [4.78, 5) is 17.7. The van der Waals surface area contributed by atoms with Crippen LogP contribution in [0.2, 0.25) is 0 Å². The van der Waals surface area contributed by atoms with Crippen LogP contribution in [-0.2, 0) is 4.79 Å². The Morgan fingerprint density at radius 2 is 1.87 bits per heavy atom. The van der Waals surface area contributed by atoms with Gasteiger partial charge in [0.05, 0.1) is 7.11 Å². The maximum atomic E-state index is 12.9. The Morgan fingerprint density at radius 1 is 1.07 bits per heavy atom. The SMILES string of the molecule is COc1ccc(C2C3=C(CCCC3=O)Nc3nc(-c4ccc(C)c(C)c4)nn32)cc1. The lowest BCUT2D eigenvalue weighted by molar-refractivity contribution is -0.116. The summed E-state index contributed by atoms with van der Waals surface area (Å²) >= 11 is 0. The molecule has 1 atom stereocenters. The minimum absolute atomic E-state index is 0.179. The van der Waals surface area contributed by atoms with E-state index in [1.54, 1.807) is 7.11 Å². The fraction of sp³-hybridized carbons (Fsp3) is 0.292. The van der Waals surface area contributed by atoms with Gasteiger partial charge in [-0.15, -0.1) is 5.10 Å². The maximum absolute atomic E-state index is 12.9. The highest BCUT2D eigenvalue weighted by molar-refractivity contribution is 5.99. The Kier molecular flexibility index (Phi) is 4.42. The van der Waals surface area contributed by atoms with Crippen molar-refractivity contribution >= 4 is 11.7 Å². The number of allylic oxidation sites excluding steroid dienone is 2. The molecule has 152 valence electrons. The van der Waals surface area contributed by atoms with Crippen LogP contribution in [0.5, 0.6) is 5.75 Å². The highest BCUT2D eigenvalue weighted by Crippen LogP contribution is 2.41. The van der Waals surface area contributed by atoms with Crippen LogP contribution >= 0.6 is 0 Å². The summed E-state index contributed by atoms with van der Waals surface area (Å²) in [6.45, 7) is 4.18. The molecular weight excluding hydrogens is 376 g/mol. The van der Waals surface area contributed by atoms with Gasteiger partial charge in [0, 0.05) is 23.3 Å². The van der Waals surface area contributed by atoms with Gasteiger partial charge < -0.3 is 10.1 Å². The molecule has 3 aromatic rings. The van der Waals surface area contributed by atoms with Crippen molar-refractivity contribution in [2.45, 2.75) is 39.2 Å². The Morgan fingerprint density at radius 3 is 2.60 bits per heavy atom. The summed E-state index contributed by atoms with van der Waals surface area (Å²) in [5.41, 5.74) is 6.18. The number of ether oxygens (including phenoxy) is 1. The first-order valence-corrected chi connectivity index (χ1v) is 10.3.